The molecule has 0 N–H and O–H groups in total. The summed E-state index contributed by atoms with van der Waals surface area (Å²) in [6, 6.07) is 15.5. The Labute approximate surface area is 149 Å². The van der Waals surface area contributed by atoms with Crippen molar-refractivity contribution in [2.24, 2.45) is 0 Å². The lowest BCUT2D eigenvalue weighted by Gasteiger charge is -2.18. The Hall–Kier alpha value is -3.48. The van der Waals surface area contributed by atoms with Crippen molar-refractivity contribution < 1.29 is 9.42 Å². The Morgan fingerprint density at radius 2 is 1.92 bits per heavy atom. The molecule has 7 nitrogen and oxygen atoms in total. The lowest BCUT2D eigenvalue weighted by Crippen LogP contribution is -2.29. The monoisotopic (exact) mass is 347 g/mol. The minimum absolute atomic E-state index is 0.00134. The van der Waals surface area contributed by atoms with Crippen LogP contribution in [0.4, 0.5) is 0 Å². The lowest BCUT2D eigenvalue weighted by molar-refractivity contribution is -0.131. The second-order valence-electron chi connectivity index (χ2n) is 6.08. The van der Waals surface area contributed by atoms with Crippen LogP contribution in [0.1, 0.15) is 5.56 Å². The molecule has 4 aromatic rings. The van der Waals surface area contributed by atoms with Gasteiger partial charge in [-0.1, -0.05) is 36.4 Å². The molecule has 0 saturated carbocycles. The zero-order valence-electron chi connectivity index (χ0n) is 14.2. The van der Waals surface area contributed by atoms with Crippen LogP contribution in [0.25, 0.3) is 22.4 Å². The summed E-state index contributed by atoms with van der Waals surface area (Å²) in [7, 11) is 1.78. The molecule has 0 saturated heterocycles. The first-order valence-corrected chi connectivity index (χ1v) is 8.22. The average Bonchev–Trinajstić information content (AvgIpc) is 3.31. The van der Waals surface area contributed by atoms with Crippen LogP contribution >= 0.6 is 0 Å². The van der Waals surface area contributed by atoms with Gasteiger partial charge in [0.2, 0.25) is 5.91 Å². The van der Waals surface area contributed by atoms with Crippen LogP contribution in [0.15, 0.2) is 65.6 Å². The van der Waals surface area contributed by atoms with Gasteiger partial charge < -0.3 is 9.47 Å². The highest BCUT2D eigenvalue weighted by Gasteiger charge is 2.14. The van der Waals surface area contributed by atoms with E-state index in [9.17, 15) is 4.79 Å². The molecular weight excluding hydrogens is 330 g/mol. The molecule has 0 bridgehead atoms. The van der Waals surface area contributed by atoms with Gasteiger partial charge in [-0.2, -0.15) is 0 Å². The number of rotatable bonds is 5. The van der Waals surface area contributed by atoms with Gasteiger partial charge in [0.1, 0.15) is 23.4 Å². The maximum Gasteiger partial charge on any atom is 0.242 e. The summed E-state index contributed by atoms with van der Waals surface area (Å²) in [5.74, 6) is 0.779. The highest BCUT2D eigenvalue weighted by Crippen LogP contribution is 2.17. The molecule has 0 aliphatic rings. The number of likely N-dealkylation sites (N-methyl/N-ethyl adjacent to an activating group) is 1. The molecule has 0 atom stereocenters. The SMILES string of the molecule is CN(Cc1ccc2nonc2c1)C(=O)Cn1ccnc1-c1ccccc1. The first-order valence-electron chi connectivity index (χ1n) is 8.22. The molecule has 0 radical (unpaired) electrons. The Bertz CT molecular complexity index is 1040. The molecule has 2 aromatic heterocycles. The van der Waals surface area contributed by atoms with E-state index in [1.165, 1.54) is 0 Å². The Balaban J connectivity index is 1.47. The van der Waals surface area contributed by atoms with E-state index >= 15 is 0 Å². The second kappa shape index (κ2) is 6.79. The number of carbonyl (C=O) groups is 1. The topological polar surface area (TPSA) is 77.0 Å². The number of carbonyl (C=O) groups excluding carboxylic acids is 1. The number of hydrogen-bond donors (Lipinski definition) is 0. The minimum Gasteiger partial charge on any atom is -0.340 e. The van der Waals surface area contributed by atoms with Crippen molar-refractivity contribution >= 4 is 16.9 Å². The highest BCUT2D eigenvalue weighted by atomic mass is 16.6. The zero-order valence-corrected chi connectivity index (χ0v) is 14.2. The fraction of sp³-hybridized carbons (Fsp3) is 0.158. The molecule has 26 heavy (non-hydrogen) atoms. The van der Waals surface area contributed by atoms with Crippen LogP contribution in [0.2, 0.25) is 0 Å². The number of benzene rings is 2. The van der Waals surface area contributed by atoms with Crippen molar-refractivity contribution in [3.63, 3.8) is 0 Å². The Morgan fingerprint density at radius 1 is 1.12 bits per heavy atom. The summed E-state index contributed by atoms with van der Waals surface area (Å²) in [5.41, 5.74) is 3.34. The van der Waals surface area contributed by atoms with Crippen LogP contribution in [0.5, 0.6) is 0 Å². The van der Waals surface area contributed by atoms with Crippen molar-refractivity contribution in [1.29, 1.82) is 0 Å². The van der Waals surface area contributed by atoms with Gasteiger partial charge in [-0.25, -0.2) is 9.61 Å². The molecule has 130 valence electrons. The summed E-state index contributed by atoms with van der Waals surface area (Å²) >= 11 is 0. The zero-order chi connectivity index (χ0) is 17.9. The number of fused-ring (bicyclic) bond motifs is 1. The third kappa shape index (κ3) is 3.19. The van der Waals surface area contributed by atoms with Gasteiger partial charge in [0.25, 0.3) is 0 Å². The minimum atomic E-state index is -0.00134. The lowest BCUT2D eigenvalue weighted by atomic mass is 10.2. The standard InChI is InChI=1S/C19H17N5O2/c1-23(12-14-7-8-16-17(11-14)22-26-21-16)18(25)13-24-10-9-20-19(24)15-5-3-2-4-6-15/h2-11H,12-13H2,1H3. The molecular formula is C19H17N5O2. The van der Waals surface area contributed by atoms with E-state index in [0.717, 1.165) is 17.0 Å². The molecule has 0 aliphatic carbocycles. The Kier molecular flexibility index (Phi) is 4.18. The normalized spacial score (nSPS) is 11.0. The van der Waals surface area contributed by atoms with Crippen molar-refractivity contribution in [3.05, 3.63) is 66.5 Å². The molecule has 1 amide bonds. The average molecular weight is 347 g/mol. The van der Waals surface area contributed by atoms with Crippen molar-refractivity contribution in [2.75, 3.05) is 7.05 Å². The number of nitrogens with zero attached hydrogens (tertiary/aromatic N) is 5. The molecule has 0 fully saturated rings. The fourth-order valence-electron chi connectivity index (χ4n) is 2.84. The smallest absolute Gasteiger partial charge is 0.242 e. The van der Waals surface area contributed by atoms with E-state index in [2.05, 4.69) is 15.3 Å². The third-order valence-corrected chi connectivity index (χ3v) is 4.22. The summed E-state index contributed by atoms with van der Waals surface area (Å²) in [5, 5.41) is 7.62. The van der Waals surface area contributed by atoms with Crippen LogP contribution in [-0.4, -0.2) is 37.7 Å². The number of imidazole rings is 1. The molecule has 4 rings (SSSR count). The molecule has 7 heteroatoms. The first kappa shape index (κ1) is 16.0. The Morgan fingerprint density at radius 3 is 2.77 bits per heavy atom. The van der Waals surface area contributed by atoms with Crippen molar-refractivity contribution in [2.45, 2.75) is 13.1 Å². The second-order valence-corrected chi connectivity index (χ2v) is 6.08. The van der Waals surface area contributed by atoms with Crippen LogP contribution < -0.4 is 0 Å². The number of hydrogen-bond acceptors (Lipinski definition) is 5. The quantitative estimate of drug-likeness (QED) is 0.555. The number of amides is 1. The van der Waals surface area contributed by atoms with Gasteiger partial charge in [-0.15, -0.1) is 0 Å². The van der Waals surface area contributed by atoms with Gasteiger partial charge in [-0.3, -0.25) is 4.79 Å². The summed E-state index contributed by atoms with van der Waals surface area (Å²) in [4.78, 5) is 18.7. The summed E-state index contributed by atoms with van der Waals surface area (Å²) in [6.07, 6.45) is 3.53. The van der Waals surface area contributed by atoms with Gasteiger partial charge in [0.05, 0.1) is 0 Å². The van der Waals surface area contributed by atoms with Gasteiger partial charge >= 0.3 is 0 Å². The van der Waals surface area contributed by atoms with E-state index in [1.54, 1.807) is 18.1 Å². The fourth-order valence-corrected chi connectivity index (χ4v) is 2.84. The van der Waals surface area contributed by atoms with Crippen LogP contribution in [0, 0.1) is 0 Å². The van der Waals surface area contributed by atoms with E-state index in [0.29, 0.717) is 17.6 Å². The van der Waals surface area contributed by atoms with Crippen molar-refractivity contribution in [1.82, 2.24) is 24.8 Å². The highest BCUT2D eigenvalue weighted by molar-refractivity contribution is 5.77. The van der Waals surface area contributed by atoms with E-state index in [-0.39, 0.29) is 12.5 Å². The maximum atomic E-state index is 12.6. The predicted octanol–water partition coefficient (Wildman–Crippen LogP) is 2.74. The molecule has 2 heterocycles. The van der Waals surface area contributed by atoms with Gasteiger partial charge in [0, 0.05) is 31.5 Å². The van der Waals surface area contributed by atoms with Gasteiger partial charge in [-0.05, 0) is 28.0 Å². The van der Waals surface area contributed by atoms with Gasteiger partial charge in [0.15, 0.2) is 0 Å². The summed E-state index contributed by atoms with van der Waals surface area (Å²) in [6.45, 7) is 0.714. The van der Waals surface area contributed by atoms with Crippen LogP contribution in [-0.2, 0) is 17.9 Å². The predicted molar refractivity (Wildman–Crippen MR) is 95.9 cm³/mol. The first-order chi connectivity index (χ1) is 12.7. The summed E-state index contributed by atoms with van der Waals surface area (Å²) < 4.78 is 6.57. The van der Waals surface area contributed by atoms with Crippen LogP contribution in [0.3, 0.4) is 0 Å². The molecule has 0 spiro atoms. The molecule has 2 aromatic carbocycles. The number of aromatic nitrogens is 4. The van der Waals surface area contributed by atoms with E-state index < -0.39 is 0 Å². The van der Waals surface area contributed by atoms with E-state index in [1.807, 2.05) is 59.3 Å². The maximum absolute atomic E-state index is 12.6. The third-order valence-electron chi connectivity index (χ3n) is 4.22. The van der Waals surface area contributed by atoms with E-state index in [4.69, 9.17) is 4.63 Å². The largest absolute Gasteiger partial charge is 0.340 e. The van der Waals surface area contributed by atoms with Crippen molar-refractivity contribution in [3.8, 4) is 11.4 Å². The molecule has 0 aliphatic heterocycles. The molecule has 0 unspecified atom stereocenters.